The molecule has 2 aromatic rings. The van der Waals surface area contributed by atoms with Crippen LogP contribution in [0.1, 0.15) is 17.4 Å². The zero-order chi connectivity index (χ0) is 15.1. The number of carbonyl (C=O) groups is 2. The van der Waals surface area contributed by atoms with Crippen LogP contribution < -0.4 is 10.6 Å². The smallest absolute Gasteiger partial charge is 0.309 e. The first kappa shape index (κ1) is 15.3. The average Bonchev–Trinajstić information content (AvgIpc) is 3.18. The molecule has 0 saturated heterocycles. The number of rotatable bonds is 6. The third-order valence-corrected chi connectivity index (χ3v) is 3.56. The molecule has 0 bridgehead atoms. The molecule has 2 heterocycles. The molecule has 0 aliphatic heterocycles. The molecule has 1 atom stereocenters. The number of thiophene rings is 1. The molecule has 1 unspecified atom stereocenters. The van der Waals surface area contributed by atoms with Gasteiger partial charge >= 0.3 is 11.8 Å². The van der Waals surface area contributed by atoms with Crippen LogP contribution >= 0.6 is 11.3 Å². The first-order valence-electron chi connectivity index (χ1n) is 6.34. The van der Waals surface area contributed by atoms with E-state index in [0.29, 0.717) is 12.3 Å². The Kier molecular flexibility index (Phi) is 5.53. The number of hydrogen-bond acceptors (Lipinski definition) is 5. The van der Waals surface area contributed by atoms with Crippen molar-refractivity contribution in [3.05, 3.63) is 46.5 Å². The zero-order valence-corrected chi connectivity index (χ0v) is 12.3. The maximum atomic E-state index is 11.7. The minimum absolute atomic E-state index is 0.161. The van der Waals surface area contributed by atoms with E-state index in [0.717, 1.165) is 5.56 Å². The van der Waals surface area contributed by atoms with Crippen LogP contribution in [0.25, 0.3) is 0 Å². The lowest BCUT2D eigenvalue weighted by Crippen LogP contribution is -2.41. The lowest BCUT2D eigenvalue weighted by atomic mass is 10.2. The highest BCUT2D eigenvalue weighted by atomic mass is 32.1. The van der Waals surface area contributed by atoms with Gasteiger partial charge in [0.05, 0.1) is 12.8 Å². The van der Waals surface area contributed by atoms with E-state index in [-0.39, 0.29) is 6.54 Å². The van der Waals surface area contributed by atoms with E-state index in [4.69, 9.17) is 9.15 Å². The van der Waals surface area contributed by atoms with Crippen molar-refractivity contribution in [3.8, 4) is 0 Å². The standard InChI is InChI=1S/C14H16N2O4S/c1-19-12(11-3-2-5-20-11)8-16-14(18)13(17)15-7-10-4-6-21-9-10/h2-6,9,12H,7-8H2,1H3,(H,15,17)(H,16,18). The highest BCUT2D eigenvalue weighted by Crippen LogP contribution is 2.15. The van der Waals surface area contributed by atoms with Crippen molar-refractivity contribution in [2.24, 2.45) is 0 Å². The fourth-order valence-electron chi connectivity index (χ4n) is 1.70. The number of ether oxygens (including phenoxy) is 1. The fraction of sp³-hybridized carbons (Fsp3) is 0.286. The average molecular weight is 308 g/mol. The van der Waals surface area contributed by atoms with Gasteiger partial charge < -0.3 is 19.8 Å². The number of nitrogens with one attached hydrogen (secondary N) is 2. The molecular formula is C14H16N2O4S. The summed E-state index contributed by atoms with van der Waals surface area (Å²) in [5.41, 5.74) is 0.964. The van der Waals surface area contributed by atoms with E-state index in [1.165, 1.54) is 24.7 Å². The molecule has 0 radical (unpaired) electrons. The summed E-state index contributed by atoms with van der Waals surface area (Å²) in [7, 11) is 1.51. The normalized spacial score (nSPS) is 11.9. The molecule has 0 aliphatic carbocycles. The molecule has 2 rings (SSSR count). The summed E-state index contributed by atoms with van der Waals surface area (Å²) in [4.78, 5) is 23.3. The third kappa shape index (κ3) is 4.44. The highest BCUT2D eigenvalue weighted by molar-refractivity contribution is 7.07. The molecule has 2 N–H and O–H groups in total. The quantitative estimate of drug-likeness (QED) is 0.792. The summed E-state index contributed by atoms with van der Waals surface area (Å²) in [6, 6.07) is 5.37. The molecule has 0 saturated carbocycles. The zero-order valence-electron chi connectivity index (χ0n) is 11.5. The van der Waals surface area contributed by atoms with Gasteiger partial charge in [0, 0.05) is 13.7 Å². The minimum Gasteiger partial charge on any atom is -0.467 e. The monoisotopic (exact) mass is 308 g/mol. The second-order valence-electron chi connectivity index (χ2n) is 4.26. The van der Waals surface area contributed by atoms with Crippen LogP contribution in [-0.4, -0.2) is 25.5 Å². The molecule has 0 aliphatic rings. The Labute approximate surface area is 126 Å². The number of methoxy groups -OCH3 is 1. The van der Waals surface area contributed by atoms with Crippen LogP contribution in [0.15, 0.2) is 39.6 Å². The van der Waals surface area contributed by atoms with Crippen molar-refractivity contribution in [2.45, 2.75) is 12.6 Å². The van der Waals surface area contributed by atoms with E-state index < -0.39 is 17.9 Å². The summed E-state index contributed by atoms with van der Waals surface area (Å²) < 4.78 is 10.4. The van der Waals surface area contributed by atoms with Crippen LogP contribution in [-0.2, 0) is 20.9 Å². The Hall–Kier alpha value is -2.12. The minimum atomic E-state index is -0.696. The lowest BCUT2D eigenvalue weighted by molar-refractivity contribution is -0.139. The lowest BCUT2D eigenvalue weighted by Gasteiger charge is -2.13. The van der Waals surface area contributed by atoms with Crippen molar-refractivity contribution < 1.29 is 18.7 Å². The van der Waals surface area contributed by atoms with E-state index in [9.17, 15) is 9.59 Å². The number of amides is 2. The van der Waals surface area contributed by atoms with Gasteiger partial charge in [-0.15, -0.1) is 0 Å². The van der Waals surface area contributed by atoms with Crippen LogP contribution in [0.4, 0.5) is 0 Å². The van der Waals surface area contributed by atoms with Gasteiger partial charge in [-0.2, -0.15) is 11.3 Å². The molecular weight excluding hydrogens is 292 g/mol. The van der Waals surface area contributed by atoms with E-state index >= 15 is 0 Å². The van der Waals surface area contributed by atoms with E-state index in [1.807, 2.05) is 16.8 Å². The Balaban J connectivity index is 1.76. The third-order valence-electron chi connectivity index (χ3n) is 2.83. The summed E-state index contributed by atoms with van der Waals surface area (Å²) in [6.45, 7) is 0.496. The molecule has 0 fully saturated rings. The molecule has 0 aromatic carbocycles. The number of hydrogen-bond donors (Lipinski definition) is 2. The summed E-state index contributed by atoms with van der Waals surface area (Å²) in [5.74, 6) is -0.772. The molecule has 0 spiro atoms. The second-order valence-corrected chi connectivity index (χ2v) is 5.04. The molecule has 6 nitrogen and oxygen atoms in total. The van der Waals surface area contributed by atoms with Crippen molar-refractivity contribution in [2.75, 3.05) is 13.7 Å². The van der Waals surface area contributed by atoms with Crippen molar-refractivity contribution in [1.29, 1.82) is 0 Å². The predicted molar refractivity (Wildman–Crippen MR) is 77.6 cm³/mol. The van der Waals surface area contributed by atoms with Gasteiger partial charge in [0.1, 0.15) is 11.9 Å². The van der Waals surface area contributed by atoms with Crippen molar-refractivity contribution in [1.82, 2.24) is 10.6 Å². The van der Waals surface area contributed by atoms with Crippen molar-refractivity contribution in [3.63, 3.8) is 0 Å². The first-order valence-corrected chi connectivity index (χ1v) is 7.28. The largest absolute Gasteiger partial charge is 0.467 e. The summed E-state index contributed by atoms with van der Waals surface area (Å²) in [6.07, 6.45) is 1.10. The molecule has 2 amide bonds. The predicted octanol–water partition coefficient (Wildman–Crippen LogP) is 1.46. The summed E-state index contributed by atoms with van der Waals surface area (Å²) >= 11 is 1.54. The van der Waals surface area contributed by atoms with Crippen LogP contribution in [0.3, 0.4) is 0 Å². The Morgan fingerprint density at radius 2 is 2.14 bits per heavy atom. The fourth-order valence-corrected chi connectivity index (χ4v) is 2.36. The molecule has 2 aromatic heterocycles. The maximum Gasteiger partial charge on any atom is 0.309 e. The Morgan fingerprint density at radius 1 is 1.33 bits per heavy atom. The second kappa shape index (κ2) is 7.61. The van der Waals surface area contributed by atoms with Gasteiger partial charge in [-0.25, -0.2) is 0 Å². The number of furan rings is 1. The molecule has 21 heavy (non-hydrogen) atoms. The first-order chi connectivity index (χ1) is 10.2. The highest BCUT2D eigenvalue weighted by Gasteiger charge is 2.18. The molecule has 7 heteroatoms. The Morgan fingerprint density at radius 3 is 2.76 bits per heavy atom. The maximum absolute atomic E-state index is 11.7. The van der Waals surface area contributed by atoms with Crippen LogP contribution in [0.5, 0.6) is 0 Å². The van der Waals surface area contributed by atoms with Gasteiger partial charge in [0.2, 0.25) is 0 Å². The van der Waals surface area contributed by atoms with E-state index in [2.05, 4.69) is 10.6 Å². The SMILES string of the molecule is COC(CNC(=O)C(=O)NCc1ccsc1)c1ccco1. The topological polar surface area (TPSA) is 80.6 Å². The van der Waals surface area contributed by atoms with Gasteiger partial charge in [0.25, 0.3) is 0 Å². The van der Waals surface area contributed by atoms with Crippen molar-refractivity contribution >= 4 is 23.2 Å². The van der Waals surface area contributed by atoms with Gasteiger partial charge in [-0.1, -0.05) is 0 Å². The molecule has 112 valence electrons. The Bertz CT molecular complexity index is 566. The van der Waals surface area contributed by atoms with Gasteiger partial charge in [-0.05, 0) is 34.5 Å². The van der Waals surface area contributed by atoms with Gasteiger partial charge in [-0.3, -0.25) is 9.59 Å². The van der Waals surface area contributed by atoms with E-state index in [1.54, 1.807) is 12.1 Å². The van der Waals surface area contributed by atoms with Crippen LogP contribution in [0.2, 0.25) is 0 Å². The van der Waals surface area contributed by atoms with Gasteiger partial charge in [0.15, 0.2) is 0 Å². The number of carbonyl (C=O) groups excluding carboxylic acids is 2. The van der Waals surface area contributed by atoms with Crippen LogP contribution in [0, 0.1) is 0 Å². The summed E-state index contributed by atoms with van der Waals surface area (Å²) in [5, 5.41) is 8.89.